The molecular weight excluding hydrogens is 315 g/mol. The van der Waals surface area contributed by atoms with Gasteiger partial charge in [0.2, 0.25) is 0 Å². The average molecular weight is 342 g/mol. The molecule has 2 N–H and O–H groups in total. The number of benzene rings is 2. The van der Waals surface area contributed by atoms with E-state index in [2.05, 4.69) is 58.8 Å². The maximum Gasteiger partial charge on any atom is 0.191 e. The molecular formula is C20H27FN4. The zero-order valence-electron chi connectivity index (χ0n) is 15.2. The van der Waals surface area contributed by atoms with Crippen molar-refractivity contribution >= 4 is 5.96 Å². The van der Waals surface area contributed by atoms with Crippen molar-refractivity contribution in [3.05, 3.63) is 71.5 Å². The van der Waals surface area contributed by atoms with Crippen LogP contribution in [0.2, 0.25) is 0 Å². The minimum absolute atomic E-state index is 0.224. The Hall–Kier alpha value is -2.40. The van der Waals surface area contributed by atoms with E-state index >= 15 is 0 Å². The van der Waals surface area contributed by atoms with Gasteiger partial charge in [-0.25, -0.2) is 4.39 Å². The fourth-order valence-corrected chi connectivity index (χ4v) is 2.48. The van der Waals surface area contributed by atoms with Gasteiger partial charge in [-0.1, -0.05) is 42.5 Å². The van der Waals surface area contributed by atoms with Gasteiger partial charge in [0.15, 0.2) is 5.96 Å². The Bertz CT molecular complexity index is 672. The predicted octanol–water partition coefficient (Wildman–Crippen LogP) is 3.01. The van der Waals surface area contributed by atoms with Crippen molar-refractivity contribution in [2.24, 2.45) is 4.99 Å². The molecule has 2 aromatic carbocycles. The zero-order chi connectivity index (χ0) is 18.1. The summed E-state index contributed by atoms with van der Waals surface area (Å²) in [5.74, 6) is 0.489. The molecule has 1 atom stereocenters. The Kier molecular flexibility index (Phi) is 7.41. The first-order valence-electron chi connectivity index (χ1n) is 8.51. The molecule has 2 aromatic rings. The van der Waals surface area contributed by atoms with Gasteiger partial charge >= 0.3 is 0 Å². The maximum atomic E-state index is 13.2. The van der Waals surface area contributed by atoms with Crippen molar-refractivity contribution in [1.82, 2.24) is 15.5 Å². The molecule has 0 saturated carbocycles. The van der Waals surface area contributed by atoms with E-state index in [0.717, 1.165) is 18.7 Å². The summed E-state index contributed by atoms with van der Waals surface area (Å²) in [6, 6.07) is 17.3. The molecule has 0 amide bonds. The number of hydrogen-bond acceptors (Lipinski definition) is 2. The van der Waals surface area contributed by atoms with E-state index < -0.39 is 0 Å². The highest BCUT2D eigenvalue weighted by Crippen LogP contribution is 2.05. The number of halogens is 1. The van der Waals surface area contributed by atoms with Gasteiger partial charge in [-0.05, 0) is 37.2 Å². The second kappa shape index (κ2) is 9.79. The van der Waals surface area contributed by atoms with E-state index in [0.29, 0.717) is 18.5 Å². The average Bonchev–Trinajstić information content (AvgIpc) is 2.62. The molecule has 25 heavy (non-hydrogen) atoms. The van der Waals surface area contributed by atoms with Crippen LogP contribution in [-0.2, 0) is 13.1 Å². The summed E-state index contributed by atoms with van der Waals surface area (Å²) < 4.78 is 13.2. The van der Waals surface area contributed by atoms with Crippen LogP contribution < -0.4 is 10.6 Å². The maximum absolute atomic E-state index is 13.2. The Morgan fingerprint density at radius 2 is 1.80 bits per heavy atom. The molecule has 0 saturated heterocycles. The summed E-state index contributed by atoms with van der Waals surface area (Å²) in [7, 11) is 3.85. The Balaban J connectivity index is 1.77. The van der Waals surface area contributed by atoms with Crippen LogP contribution in [0.25, 0.3) is 0 Å². The highest BCUT2D eigenvalue weighted by molar-refractivity contribution is 5.79. The molecule has 0 heterocycles. The lowest BCUT2D eigenvalue weighted by atomic mass is 10.2. The molecule has 0 aliphatic rings. The lowest BCUT2D eigenvalue weighted by Crippen LogP contribution is -2.44. The second-order valence-corrected chi connectivity index (χ2v) is 6.19. The molecule has 4 nitrogen and oxygen atoms in total. The molecule has 1 unspecified atom stereocenters. The fraction of sp³-hybridized carbons (Fsp3) is 0.350. The number of likely N-dealkylation sites (N-methyl/N-ethyl adjacent to an activating group) is 1. The number of nitrogens with zero attached hydrogens (tertiary/aromatic N) is 2. The lowest BCUT2D eigenvalue weighted by molar-refractivity contribution is 0.249. The van der Waals surface area contributed by atoms with Crippen LogP contribution in [0.5, 0.6) is 0 Å². The molecule has 0 aliphatic heterocycles. The fourth-order valence-electron chi connectivity index (χ4n) is 2.48. The standard InChI is InChI=1S/C20H27FN4/c1-16(25(3)15-17-8-5-4-6-9-17)13-23-20(22-2)24-14-18-10-7-11-19(21)12-18/h4-12,16H,13-15H2,1-3H3,(H2,22,23,24). The summed E-state index contributed by atoms with van der Waals surface area (Å²) in [4.78, 5) is 6.52. The monoisotopic (exact) mass is 342 g/mol. The van der Waals surface area contributed by atoms with E-state index in [4.69, 9.17) is 0 Å². The van der Waals surface area contributed by atoms with Gasteiger partial charge in [-0.3, -0.25) is 9.89 Å². The van der Waals surface area contributed by atoms with E-state index in [1.54, 1.807) is 13.1 Å². The summed E-state index contributed by atoms with van der Waals surface area (Å²) in [6.45, 7) is 4.38. The second-order valence-electron chi connectivity index (χ2n) is 6.19. The van der Waals surface area contributed by atoms with Gasteiger partial charge in [-0.15, -0.1) is 0 Å². The van der Waals surface area contributed by atoms with Gasteiger partial charge in [-0.2, -0.15) is 0 Å². The van der Waals surface area contributed by atoms with Crippen LogP contribution in [0, 0.1) is 5.82 Å². The van der Waals surface area contributed by atoms with Crippen LogP contribution in [0.3, 0.4) is 0 Å². The highest BCUT2D eigenvalue weighted by Gasteiger charge is 2.10. The SMILES string of the molecule is CN=C(NCc1cccc(F)c1)NCC(C)N(C)Cc1ccccc1. The van der Waals surface area contributed by atoms with Crippen molar-refractivity contribution in [3.63, 3.8) is 0 Å². The number of nitrogens with one attached hydrogen (secondary N) is 2. The minimum Gasteiger partial charge on any atom is -0.355 e. The normalized spacial score (nSPS) is 12.9. The van der Waals surface area contributed by atoms with Crippen molar-refractivity contribution < 1.29 is 4.39 Å². The minimum atomic E-state index is -0.224. The summed E-state index contributed by atoms with van der Waals surface area (Å²) >= 11 is 0. The first kappa shape index (κ1) is 18.9. The highest BCUT2D eigenvalue weighted by atomic mass is 19.1. The van der Waals surface area contributed by atoms with Crippen molar-refractivity contribution in [2.45, 2.75) is 26.1 Å². The molecule has 134 valence electrons. The summed E-state index contributed by atoms with van der Waals surface area (Å²) in [5.41, 5.74) is 2.18. The van der Waals surface area contributed by atoms with Crippen LogP contribution in [0.15, 0.2) is 59.6 Å². The molecule has 0 bridgehead atoms. The van der Waals surface area contributed by atoms with E-state index in [-0.39, 0.29) is 5.82 Å². The number of guanidine groups is 1. The Morgan fingerprint density at radius 1 is 1.08 bits per heavy atom. The molecule has 0 radical (unpaired) electrons. The van der Waals surface area contributed by atoms with Crippen molar-refractivity contribution in [2.75, 3.05) is 20.6 Å². The third-order valence-corrected chi connectivity index (χ3v) is 4.16. The van der Waals surface area contributed by atoms with Crippen LogP contribution in [-0.4, -0.2) is 37.5 Å². The van der Waals surface area contributed by atoms with Crippen LogP contribution in [0.4, 0.5) is 4.39 Å². The first-order valence-corrected chi connectivity index (χ1v) is 8.51. The smallest absolute Gasteiger partial charge is 0.191 e. The largest absolute Gasteiger partial charge is 0.355 e. The van der Waals surface area contributed by atoms with Gasteiger partial charge in [0.1, 0.15) is 5.82 Å². The van der Waals surface area contributed by atoms with E-state index in [9.17, 15) is 4.39 Å². The van der Waals surface area contributed by atoms with Gasteiger partial charge in [0, 0.05) is 32.7 Å². The third kappa shape index (κ3) is 6.55. The van der Waals surface area contributed by atoms with Gasteiger partial charge in [0.25, 0.3) is 0 Å². The van der Waals surface area contributed by atoms with Gasteiger partial charge in [0.05, 0.1) is 0 Å². The molecule has 5 heteroatoms. The van der Waals surface area contributed by atoms with Crippen LogP contribution >= 0.6 is 0 Å². The molecule has 0 aromatic heterocycles. The third-order valence-electron chi connectivity index (χ3n) is 4.16. The lowest BCUT2D eigenvalue weighted by Gasteiger charge is -2.25. The van der Waals surface area contributed by atoms with E-state index in [1.165, 1.54) is 17.7 Å². The molecule has 0 fully saturated rings. The quantitative estimate of drug-likeness (QED) is 0.600. The first-order chi connectivity index (χ1) is 12.1. The zero-order valence-corrected chi connectivity index (χ0v) is 15.2. The number of rotatable bonds is 7. The molecule has 0 aliphatic carbocycles. The Labute approximate surface area is 149 Å². The Morgan fingerprint density at radius 3 is 2.48 bits per heavy atom. The topological polar surface area (TPSA) is 39.7 Å². The number of aliphatic imine (C=N–C) groups is 1. The molecule has 0 spiro atoms. The van der Waals surface area contributed by atoms with Crippen molar-refractivity contribution in [1.29, 1.82) is 0 Å². The predicted molar refractivity (Wildman–Crippen MR) is 102 cm³/mol. The van der Waals surface area contributed by atoms with Gasteiger partial charge < -0.3 is 10.6 Å². The molecule has 2 rings (SSSR count). The van der Waals surface area contributed by atoms with Crippen LogP contribution in [0.1, 0.15) is 18.1 Å². The summed E-state index contributed by atoms with van der Waals surface area (Å²) in [6.07, 6.45) is 0. The van der Waals surface area contributed by atoms with Crippen molar-refractivity contribution in [3.8, 4) is 0 Å². The van der Waals surface area contributed by atoms with E-state index in [1.807, 2.05) is 12.1 Å². The summed E-state index contributed by atoms with van der Waals surface area (Å²) in [5, 5.41) is 6.53. The number of hydrogen-bond donors (Lipinski definition) is 2.